The molecule has 1 heterocycles. The number of hydrogen-bond donors (Lipinski definition) is 0. The van der Waals surface area contributed by atoms with Crippen molar-refractivity contribution in [2.45, 2.75) is 10.1 Å². The van der Waals surface area contributed by atoms with E-state index >= 15 is 0 Å². The van der Waals surface area contributed by atoms with Crippen LogP contribution < -0.4 is 0 Å². The maximum Gasteiger partial charge on any atom is 0.219 e. The minimum atomic E-state index is -0.471. The van der Waals surface area contributed by atoms with Crippen LogP contribution in [0, 0.1) is 17.1 Å². The fraction of sp³-hybridized carbons (Fsp3) is 0. The molecule has 0 saturated heterocycles. The van der Waals surface area contributed by atoms with Gasteiger partial charge in [0.05, 0.1) is 22.2 Å². The monoisotopic (exact) mass is 297 g/mol. The van der Waals surface area contributed by atoms with Crippen LogP contribution >= 0.6 is 11.8 Å². The van der Waals surface area contributed by atoms with Gasteiger partial charge in [-0.2, -0.15) is 9.94 Å². The summed E-state index contributed by atoms with van der Waals surface area (Å²) in [7, 11) is 0. The number of hydrogen-bond acceptors (Lipinski definition) is 5. The normalized spacial score (nSPS) is 10.3. The van der Waals surface area contributed by atoms with Crippen LogP contribution in [0.2, 0.25) is 0 Å². The van der Waals surface area contributed by atoms with Gasteiger partial charge in [-0.1, -0.05) is 18.2 Å². The molecule has 0 atom stereocenters. The highest BCUT2D eigenvalue weighted by molar-refractivity contribution is 7.99. The summed E-state index contributed by atoms with van der Waals surface area (Å²) >= 11 is 1.10. The summed E-state index contributed by atoms with van der Waals surface area (Å²) in [6.07, 6.45) is 0. The minimum absolute atomic E-state index is 0.277. The predicted molar refractivity (Wildman–Crippen MR) is 74.4 cm³/mol. The summed E-state index contributed by atoms with van der Waals surface area (Å²) < 4.78 is 15.4. The van der Waals surface area contributed by atoms with E-state index in [1.807, 2.05) is 36.4 Å². The molecule has 0 fully saturated rings. The van der Waals surface area contributed by atoms with Gasteiger partial charge in [0, 0.05) is 0 Å². The Kier molecular flexibility index (Phi) is 3.62. The lowest BCUT2D eigenvalue weighted by atomic mass is 10.2. The highest BCUT2D eigenvalue weighted by Gasteiger charge is 2.13. The molecule has 21 heavy (non-hydrogen) atoms. The van der Waals surface area contributed by atoms with Crippen LogP contribution in [0.25, 0.3) is 5.69 Å². The molecule has 0 aliphatic carbocycles. The van der Waals surface area contributed by atoms with Crippen molar-refractivity contribution < 1.29 is 4.39 Å². The molecule has 7 heteroatoms. The quantitative estimate of drug-likeness (QED) is 0.743. The first-order valence-corrected chi connectivity index (χ1v) is 6.81. The van der Waals surface area contributed by atoms with Gasteiger partial charge in [0.1, 0.15) is 5.82 Å². The second-order valence-electron chi connectivity index (χ2n) is 4.07. The first kappa shape index (κ1) is 13.3. The molecule has 3 aromatic rings. The van der Waals surface area contributed by atoms with Gasteiger partial charge in [0.25, 0.3) is 0 Å². The van der Waals surface area contributed by atoms with Gasteiger partial charge in [-0.25, -0.2) is 4.39 Å². The van der Waals surface area contributed by atoms with Gasteiger partial charge in [0.2, 0.25) is 5.16 Å². The number of benzene rings is 2. The minimum Gasteiger partial charge on any atom is -0.206 e. The average Bonchev–Trinajstić information content (AvgIpc) is 2.98. The third kappa shape index (κ3) is 2.75. The number of tetrazole rings is 1. The Labute approximate surface area is 124 Å². The van der Waals surface area contributed by atoms with E-state index in [0.29, 0.717) is 10.1 Å². The Morgan fingerprint density at radius 1 is 1.14 bits per heavy atom. The summed E-state index contributed by atoms with van der Waals surface area (Å²) in [5, 5.41) is 20.6. The van der Waals surface area contributed by atoms with Crippen molar-refractivity contribution in [3.05, 3.63) is 59.9 Å². The van der Waals surface area contributed by atoms with Crippen molar-refractivity contribution in [2.75, 3.05) is 0 Å². The lowest BCUT2D eigenvalue weighted by molar-refractivity contribution is 0.601. The molecule has 0 unspecified atom stereocenters. The van der Waals surface area contributed by atoms with E-state index < -0.39 is 5.82 Å². The topological polar surface area (TPSA) is 67.4 Å². The predicted octanol–water partition coefficient (Wildman–Crippen LogP) is 2.82. The molecule has 1 aromatic heterocycles. The lowest BCUT2D eigenvalue weighted by Gasteiger charge is -2.04. The fourth-order valence-electron chi connectivity index (χ4n) is 1.73. The van der Waals surface area contributed by atoms with Crippen LogP contribution in [0.3, 0.4) is 0 Å². The third-order valence-electron chi connectivity index (χ3n) is 2.70. The van der Waals surface area contributed by atoms with Crippen molar-refractivity contribution in [1.29, 1.82) is 5.26 Å². The van der Waals surface area contributed by atoms with Crippen LogP contribution in [-0.4, -0.2) is 20.2 Å². The number of para-hydroxylation sites is 1. The summed E-state index contributed by atoms with van der Waals surface area (Å²) in [5.74, 6) is -0.471. The Bertz CT molecular complexity index is 810. The zero-order valence-electron chi connectivity index (χ0n) is 10.6. The van der Waals surface area contributed by atoms with Crippen LogP contribution in [0.15, 0.2) is 58.6 Å². The molecule has 0 N–H and O–H groups in total. The molecule has 102 valence electrons. The van der Waals surface area contributed by atoms with Crippen LogP contribution in [-0.2, 0) is 0 Å². The lowest BCUT2D eigenvalue weighted by Crippen LogP contribution is -1.98. The Balaban J connectivity index is 1.94. The van der Waals surface area contributed by atoms with E-state index in [1.165, 1.54) is 10.7 Å². The standard InChI is InChI=1S/C14H8FN5S/c15-12-8-10(9-16)6-7-13(12)21-14-17-18-19-20(14)11-4-2-1-3-5-11/h1-8H. The summed E-state index contributed by atoms with van der Waals surface area (Å²) in [5.41, 5.74) is 1.07. The number of aromatic nitrogens is 4. The van der Waals surface area contributed by atoms with Crippen molar-refractivity contribution >= 4 is 11.8 Å². The maximum atomic E-state index is 13.9. The van der Waals surface area contributed by atoms with Crippen LogP contribution in [0.4, 0.5) is 4.39 Å². The van der Waals surface area contributed by atoms with Gasteiger partial charge < -0.3 is 0 Å². The van der Waals surface area contributed by atoms with Crippen molar-refractivity contribution in [3.8, 4) is 11.8 Å². The molecule has 0 aliphatic rings. The van der Waals surface area contributed by atoms with Crippen LogP contribution in [0.5, 0.6) is 0 Å². The summed E-state index contributed by atoms with van der Waals surface area (Å²) in [4.78, 5) is 0.362. The Morgan fingerprint density at radius 3 is 2.67 bits per heavy atom. The molecular formula is C14H8FN5S. The first-order chi connectivity index (χ1) is 10.3. The highest BCUT2D eigenvalue weighted by atomic mass is 32.2. The van der Waals surface area contributed by atoms with Gasteiger partial charge >= 0.3 is 0 Å². The molecule has 0 saturated carbocycles. The molecule has 0 amide bonds. The fourth-order valence-corrected chi connectivity index (χ4v) is 2.52. The largest absolute Gasteiger partial charge is 0.219 e. The maximum absolute atomic E-state index is 13.9. The van der Waals surface area contributed by atoms with E-state index in [4.69, 9.17) is 5.26 Å². The van der Waals surface area contributed by atoms with Crippen molar-refractivity contribution in [1.82, 2.24) is 20.2 Å². The number of halogens is 1. The Hall–Kier alpha value is -2.72. The third-order valence-corrected chi connectivity index (χ3v) is 3.69. The molecule has 0 bridgehead atoms. The van der Waals surface area contributed by atoms with Gasteiger partial charge in [-0.3, -0.25) is 0 Å². The smallest absolute Gasteiger partial charge is 0.206 e. The molecule has 2 aromatic carbocycles. The number of nitriles is 1. The number of rotatable bonds is 3. The zero-order valence-corrected chi connectivity index (χ0v) is 11.5. The highest BCUT2D eigenvalue weighted by Crippen LogP contribution is 2.29. The second kappa shape index (κ2) is 5.73. The van der Waals surface area contributed by atoms with E-state index in [-0.39, 0.29) is 5.56 Å². The summed E-state index contributed by atoms with van der Waals surface area (Å²) in [6.45, 7) is 0. The summed E-state index contributed by atoms with van der Waals surface area (Å²) in [6, 6.07) is 15.5. The molecule has 0 aliphatic heterocycles. The second-order valence-corrected chi connectivity index (χ2v) is 5.08. The molecule has 0 spiro atoms. The van der Waals surface area contributed by atoms with E-state index in [0.717, 1.165) is 17.4 Å². The van der Waals surface area contributed by atoms with E-state index in [9.17, 15) is 4.39 Å². The van der Waals surface area contributed by atoms with Gasteiger partial charge in [0.15, 0.2) is 0 Å². The Morgan fingerprint density at radius 2 is 1.95 bits per heavy atom. The van der Waals surface area contributed by atoms with E-state index in [2.05, 4.69) is 15.5 Å². The van der Waals surface area contributed by atoms with E-state index in [1.54, 1.807) is 12.1 Å². The zero-order chi connectivity index (χ0) is 14.7. The molecule has 0 radical (unpaired) electrons. The SMILES string of the molecule is N#Cc1ccc(Sc2nnnn2-c2ccccc2)c(F)c1. The van der Waals surface area contributed by atoms with Crippen LogP contribution in [0.1, 0.15) is 5.56 Å². The molecule has 5 nitrogen and oxygen atoms in total. The van der Waals surface area contributed by atoms with Gasteiger partial charge in [-0.15, -0.1) is 5.10 Å². The number of nitrogens with zero attached hydrogens (tertiary/aromatic N) is 5. The molecule has 3 rings (SSSR count). The average molecular weight is 297 g/mol. The van der Waals surface area contributed by atoms with Gasteiger partial charge in [-0.05, 0) is 52.5 Å². The van der Waals surface area contributed by atoms with Crippen molar-refractivity contribution in [3.63, 3.8) is 0 Å². The molecular weight excluding hydrogens is 289 g/mol. The first-order valence-electron chi connectivity index (χ1n) is 5.99. The van der Waals surface area contributed by atoms with Crippen molar-refractivity contribution in [2.24, 2.45) is 0 Å².